The van der Waals surface area contributed by atoms with E-state index in [0.717, 1.165) is 55.1 Å². The second-order valence-corrected chi connectivity index (χ2v) is 10.5. The fraction of sp³-hybridized carbons (Fsp3) is 0.636. The van der Waals surface area contributed by atoms with Crippen molar-refractivity contribution in [1.29, 1.82) is 0 Å². The summed E-state index contributed by atoms with van der Waals surface area (Å²) < 4.78 is 5.65. The SMILES string of the molecule is CCCCCCCCCCc1c(C=O)[nH]c(C(=O)OCc2ccccc2)c1CCCCCCCCCC. The highest BCUT2D eigenvalue weighted by molar-refractivity contribution is 5.92. The highest BCUT2D eigenvalue weighted by Crippen LogP contribution is 2.25. The van der Waals surface area contributed by atoms with Gasteiger partial charge in [-0.05, 0) is 42.4 Å². The smallest absolute Gasteiger partial charge is 0.355 e. The second kappa shape index (κ2) is 19.7. The topological polar surface area (TPSA) is 59.2 Å². The molecule has 0 bridgehead atoms. The minimum absolute atomic E-state index is 0.236. The maximum Gasteiger partial charge on any atom is 0.355 e. The molecule has 0 fully saturated rings. The predicted molar refractivity (Wildman–Crippen MR) is 154 cm³/mol. The Hall–Kier alpha value is -2.36. The molecular formula is C33H51NO3. The van der Waals surface area contributed by atoms with Crippen molar-refractivity contribution < 1.29 is 14.3 Å². The molecule has 0 aliphatic heterocycles. The van der Waals surface area contributed by atoms with Crippen LogP contribution in [0.3, 0.4) is 0 Å². The lowest BCUT2D eigenvalue weighted by atomic mass is 9.96. The number of esters is 1. The Morgan fingerprint density at radius 3 is 1.70 bits per heavy atom. The van der Waals surface area contributed by atoms with E-state index in [1.807, 2.05) is 30.3 Å². The summed E-state index contributed by atoms with van der Waals surface area (Å²) in [4.78, 5) is 28.2. The van der Waals surface area contributed by atoms with E-state index < -0.39 is 0 Å². The third-order valence-corrected chi connectivity index (χ3v) is 7.35. The van der Waals surface area contributed by atoms with Gasteiger partial charge < -0.3 is 9.72 Å². The fourth-order valence-corrected chi connectivity index (χ4v) is 5.10. The lowest BCUT2D eigenvalue weighted by Gasteiger charge is -2.09. The number of aldehydes is 1. The van der Waals surface area contributed by atoms with Crippen molar-refractivity contribution >= 4 is 12.3 Å². The van der Waals surface area contributed by atoms with Gasteiger partial charge in [0.2, 0.25) is 0 Å². The molecule has 1 N–H and O–H groups in total. The molecule has 2 aromatic rings. The first kappa shape index (κ1) is 30.9. The molecule has 37 heavy (non-hydrogen) atoms. The Labute approximate surface area is 226 Å². The molecule has 4 nitrogen and oxygen atoms in total. The summed E-state index contributed by atoms with van der Waals surface area (Å²) in [5, 5.41) is 0. The van der Waals surface area contributed by atoms with Gasteiger partial charge in [0.05, 0.1) is 5.69 Å². The lowest BCUT2D eigenvalue weighted by Crippen LogP contribution is -2.09. The van der Waals surface area contributed by atoms with Gasteiger partial charge in [-0.25, -0.2) is 4.79 Å². The number of H-pyrrole nitrogens is 1. The van der Waals surface area contributed by atoms with E-state index in [2.05, 4.69) is 18.8 Å². The Bertz CT molecular complexity index is 871. The predicted octanol–water partition coefficient (Wildman–Crippen LogP) is 9.55. The van der Waals surface area contributed by atoms with E-state index in [-0.39, 0.29) is 12.6 Å². The van der Waals surface area contributed by atoms with E-state index in [0.29, 0.717) is 11.4 Å². The first-order valence-corrected chi connectivity index (χ1v) is 15.1. The Morgan fingerprint density at radius 2 is 1.19 bits per heavy atom. The average Bonchev–Trinajstić information content (AvgIpc) is 3.28. The molecule has 0 aliphatic rings. The number of carbonyl (C=O) groups excluding carboxylic acids is 2. The molecule has 0 saturated heterocycles. The van der Waals surface area contributed by atoms with E-state index in [4.69, 9.17) is 4.74 Å². The Morgan fingerprint density at radius 1 is 0.703 bits per heavy atom. The van der Waals surface area contributed by atoms with Gasteiger partial charge in [-0.15, -0.1) is 0 Å². The van der Waals surface area contributed by atoms with Crippen molar-refractivity contribution in [3.63, 3.8) is 0 Å². The Balaban J connectivity index is 1.98. The van der Waals surface area contributed by atoms with Crippen LogP contribution in [0.5, 0.6) is 0 Å². The van der Waals surface area contributed by atoms with Crippen LogP contribution >= 0.6 is 0 Å². The van der Waals surface area contributed by atoms with Gasteiger partial charge in [-0.1, -0.05) is 134 Å². The molecule has 0 aliphatic carbocycles. The molecule has 0 radical (unpaired) electrons. The van der Waals surface area contributed by atoms with Crippen LogP contribution in [0, 0.1) is 0 Å². The summed E-state index contributed by atoms with van der Waals surface area (Å²) in [6.07, 6.45) is 22.5. The number of benzene rings is 1. The monoisotopic (exact) mass is 509 g/mol. The van der Waals surface area contributed by atoms with Crippen molar-refractivity contribution in [3.05, 3.63) is 58.4 Å². The number of unbranched alkanes of at least 4 members (excludes halogenated alkanes) is 14. The maximum absolute atomic E-state index is 13.1. The summed E-state index contributed by atoms with van der Waals surface area (Å²) in [6, 6.07) is 9.74. The van der Waals surface area contributed by atoms with Crippen LogP contribution in [-0.2, 0) is 24.2 Å². The minimum atomic E-state index is -0.358. The van der Waals surface area contributed by atoms with E-state index >= 15 is 0 Å². The van der Waals surface area contributed by atoms with Gasteiger partial charge in [-0.2, -0.15) is 0 Å². The maximum atomic E-state index is 13.1. The number of ether oxygens (including phenoxy) is 1. The zero-order chi connectivity index (χ0) is 26.6. The van der Waals surface area contributed by atoms with Crippen LogP contribution in [0.1, 0.15) is 154 Å². The molecule has 0 atom stereocenters. The molecule has 206 valence electrons. The van der Waals surface area contributed by atoms with Gasteiger partial charge in [0.1, 0.15) is 12.3 Å². The van der Waals surface area contributed by atoms with Crippen LogP contribution < -0.4 is 0 Å². The molecule has 2 rings (SSSR count). The van der Waals surface area contributed by atoms with Gasteiger partial charge >= 0.3 is 5.97 Å². The van der Waals surface area contributed by atoms with Crippen LogP contribution in [0.2, 0.25) is 0 Å². The highest BCUT2D eigenvalue weighted by atomic mass is 16.5. The normalized spacial score (nSPS) is 11.1. The molecule has 0 saturated carbocycles. The van der Waals surface area contributed by atoms with Crippen molar-refractivity contribution in [2.24, 2.45) is 0 Å². The first-order chi connectivity index (χ1) is 18.2. The zero-order valence-electron chi connectivity index (χ0n) is 23.6. The van der Waals surface area contributed by atoms with Crippen molar-refractivity contribution in [2.45, 2.75) is 136 Å². The average molecular weight is 510 g/mol. The number of nitrogens with one attached hydrogen (secondary N) is 1. The van der Waals surface area contributed by atoms with Crippen molar-refractivity contribution in [3.8, 4) is 0 Å². The van der Waals surface area contributed by atoms with E-state index in [1.165, 1.54) is 83.5 Å². The number of rotatable bonds is 22. The summed E-state index contributed by atoms with van der Waals surface area (Å²) >= 11 is 0. The first-order valence-electron chi connectivity index (χ1n) is 15.1. The van der Waals surface area contributed by atoms with Gasteiger partial charge in [0.25, 0.3) is 0 Å². The summed E-state index contributed by atoms with van der Waals surface area (Å²) in [6.45, 7) is 4.73. The largest absolute Gasteiger partial charge is 0.456 e. The fourth-order valence-electron chi connectivity index (χ4n) is 5.10. The van der Waals surface area contributed by atoms with Gasteiger partial charge in [0.15, 0.2) is 6.29 Å². The number of aromatic nitrogens is 1. The minimum Gasteiger partial charge on any atom is -0.456 e. The summed E-state index contributed by atoms with van der Waals surface area (Å²) in [5.41, 5.74) is 4.05. The van der Waals surface area contributed by atoms with E-state index in [1.54, 1.807) is 0 Å². The standard InChI is InChI=1S/C33H51NO3/c1-3-5-7-9-11-13-15-20-24-29-30(25-21-16-14-12-10-8-6-4-2)32(34-31(29)26-35)33(36)37-27-28-22-18-17-19-23-28/h17-19,22-23,26,34H,3-16,20-21,24-25,27H2,1-2H3. The third-order valence-electron chi connectivity index (χ3n) is 7.35. The summed E-state index contributed by atoms with van der Waals surface area (Å²) in [7, 11) is 0. The number of hydrogen-bond acceptors (Lipinski definition) is 3. The quantitative estimate of drug-likeness (QED) is 0.0976. The van der Waals surface area contributed by atoms with E-state index in [9.17, 15) is 9.59 Å². The molecule has 1 aromatic heterocycles. The van der Waals surface area contributed by atoms with Crippen LogP contribution in [0.4, 0.5) is 0 Å². The van der Waals surface area contributed by atoms with Crippen molar-refractivity contribution in [1.82, 2.24) is 4.98 Å². The van der Waals surface area contributed by atoms with Crippen LogP contribution in [-0.4, -0.2) is 17.2 Å². The number of aromatic amines is 1. The van der Waals surface area contributed by atoms with Crippen molar-refractivity contribution in [2.75, 3.05) is 0 Å². The third kappa shape index (κ3) is 12.2. The van der Waals surface area contributed by atoms with Gasteiger partial charge in [0, 0.05) is 0 Å². The van der Waals surface area contributed by atoms with Crippen LogP contribution in [0.15, 0.2) is 30.3 Å². The molecule has 0 amide bonds. The molecule has 0 unspecified atom stereocenters. The lowest BCUT2D eigenvalue weighted by molar-refractivity contribution is 0.0465. The highest BCUT2D eigenvalue weighted by Gasteiger charge is 2.22. The molecular weight excluding hydrogens is 458 g/mol. The number of carbonyl (C=O) groups is 2. The Kier molecular flexibility index (Phi) is 16.4. The zero-order valence-corrected chi connectivity index (χ0v) is 23.6. The second-order valence-electron chi connectivity index (χ2n) is 10.5. The van der Waals surface area contributed by atoms with Gasteiger partial charge in [-0.3, -0.25) is 4.79 Å². The molecule has 4 heteroatoms. The van der Waals surface area contributed by atoms with Crippen LogP contribution in [0.25, 0.3) is 0 Å². The number of hydrogen-bond donors (Lipinski definition) is 1. The molecule has 1 heterocycles. The summed E-state index contributed by atoms with van der Waals surface area (Å²) in [5.74, 6) is -0.358. The molecule has 1 aromatic carbocycles. The molecule has 0 spiro atoms.